The highest BCUT2D eigenvalue weighted by molar-refractivity contribution is 7.17. The van der Waals surface area contributed by atoms with Gasteiger partial charge in [-0.3, -0.25) is 0 Å². The van der Waals surface area contributed by atoms with E-state index in [4.69, 9.17) is 4.52 Å². The summed E-state index contributed by atoms with van der Waals surface area (Å²) in [6.45, 7) is 3.67. The molecule has 1 saturated heterocycles. The van der Waals surface area contributed by atoms with Crippen molar-refractivity contribution in [2.24, 2.45) is 0 Å². The summed E-state index contributed by atoms with van der Waals surface area (Å²) in [5.41, 5.74) is 1.01. The first kappa shape index (κ1) is 11.8. The quantitative estimate of drug-likeness (QED) is 0.721. The Morgan fingerprint density at radius 2 is 2.35 bits per heavy atom. The van der Waals surface area contributed by atoms with Gasteiger partial charge in [-0.2, -0.15) is 4.98 Å². The minimum atomic E-state index is 0.293. The topological polar surface area (TPSA) is 67.9 Å². The van der Waals surface area contributed by atoms with Crippen LogP contribution < -0.4 is 4.90 Å². The van der Waals surface area contributed by atoms with Crippen molar-refractivity contribution >= 4 is 27.4 Å². The fourth-order valence-corrected chi connectivity index (χ4v) is 3.50. The number of hydrogen-bond acceptors (Lipinski definition) is 7. The van der Waals surface area contributed by atoms with E-state index in [1.807, 2.05) is 13.0 Å². The molecule has 0 aliphatic carbocycles. The van der Waals surface area contributed by atoms with E-state index in [1.165, 1.54) is 0 Å². The summed E-state index contributed by atoms with van der Waals surface area (Å²) >= 11 is 1.68. The number of anilines is 1. The molecule has 0 spiro atoms. The third-order valence-corrected chi connectivity index (χ3v) is 4.50. The van der Waals surface area contributed by atoms with Crippen LogP contribution >= 0.6 is 11.3 Å². The zero-order chi connectivity index (χ0) is 13.5. The lowest BCUT2D eigenvalue weighted by atomic mass is 10.1. The predicted molar refractivity (Wildman–Crippen MR) is 76.0 cm³/mol. The molecule has 6 nitrogen and oxygen atoms in total. The number of aromatic nitrogens is 4. The second-order valence-corrected chi connectivity index (χ2v) is 5.86. The standard InChI is InChI=1S/C13H13N5OS/c1-8-16-13(19-17-8)9-2-4-18(6-9)12-11-10(3-5-20-11)14-7-15-12/h3,5,7,9H,2,4,6H2,1H3. The van der Waals surface area contributed by atoms with Crippen LogP contribution in [0.3, 0.4) is 0 Å². The average Bonchev–Trinajstić information content (AvgIpc) is 3.17. The first-order valence-corrected chi connectivity index (χ1v) is 7.42. The Kier molecular flexibility index (Phi) is 2.66. The molecule has 1 unspecified atom stereocenters. The summed E-state index contributed by atoms with van der Waals surface area (Å²) in [6, 6.07) is 2.03. The molecule has 3 aromatic rings. The number of nitrogens with zero attached hydrogens (tertiary/aromatic N) is 5. The molecule has 0 aromatic carbocycles. The highest BCUT2D eigenvalue weighted by Crippen LogP contribution is 2.34. The number of thiophene rings is 1. The largest absolute Gasteiger partial charge is 0.355 e. The Morgan fingerprint density at radius 1 is 1.40 bits per heavy atom. The van der Waals surface area contributed by atoms with Crippen LogP contribution in [-0.2, 0) is 0 Å². The molecule has 1 atom stereocenters. The van der Waals surface area contributed by atoms with E-state index in [9.17, 15) is 0 Å². The SMILES string of the molecule is Cc1noc(C2CCN(c3ncnc4ccsc34)C2)n1. The molecular formula is C13H13N5OS. The Morgan fingerprint density at radius 3 is 3.20 bits per heavy atom. The van der Waals surface area contributed by atoms with Crippen LogP contribution in [0.4, 0.5) is 5.82 Å². The van der Waals surface area contributed by atoms with Crippen molar-refractivity contribution in [2.45, 2.75) is 19.3 Å². The molecule has 102 valence electrons. The maximum Gasteiger partial charge on any atom is 0.231 e. The zero-order valence-corrected chi connectivity index (χ0v) is 11.8. The van der Waals surface area contributed by atoms with Crippen molar-refractivity contribution in [3.63, 3.8) is 0 Å². The molecule has 4 heterocycles. The molecule has 0 radical (unpaired) electrons. The summed E-state index contributed by atoms with van der Waals surface area (Å²) in [7, 11) is 0. The lowest BCUT2D eigenvalue weighted by molar-refractivity contribution is 0.356. The summed E-state index contributed by atoms with van der Waals surface area (Å²) in [5.74, 6) is 2.74. The first-order valence-electron chi connectivity index (χ1n) is 6.54. The summed E-state index contributed by atoms with van der Waals surface area (Å²) in [6.07, 6.45) is 2.65. The van der Waals surface area contributed by atoms with Crippen molar-refractivity contribution in [1.29, 1.82) is 0 Å². The van der Waals surface area contributed by atoms with Crippen molar-refractivity contribution in [3.05, 3.63) is 29.5 Å². The Bertz CT molecular complexity index is 752. The summed E-state index contributed by atoms with van der Waals surface area (Å²) in [4.78, 5) is 15.4. The van der Waals surface area contributed by atoms with Crippen molar-refractivity contribution in [1.82, 2.24) is 20.1 Å². The lowest BCUT2D eigenvalue weighted by Gasteiger charge is -2.16. The van der Waals surface area contributed by atoms with E-state index in [0.29, 0.717) is 11.7 Å². The van der Waals surface area contributed by atoms with E-state index in [-0.39, 0.29) is 0 Å². The first-order chi connectivity index (χ1) is 9.81. The molecule has 4 rings (SSSR count). The predicted octanol–water partition coefficient (Wildman–Crippen LogP) is 2.38. The molecule has 0 amide bonds. The zero-order valence-electron chi connectivity index (χ0n) is 11.0. The van der Waals surface area contributed by atoms with E-state index in [2.05, 4.69) is 30.4 Å². The minimum absolute atomic E-state index is 0.293. The van der Waals surface area contributed by atoms with Gasteiger partial charge in [0.05, 0.1) is 16.1 Å². The lowest BCUT2D eigenvalue weighted by Crippen LogP contribution is -2.20. The highest BCUT2D eigenvalue weighted by atomic mass is 32.1. The van der Waals surface area contributed by atoms with Crippen molar-refractivity contribution in [3.8, 4) is 0 Å². The summed E-state index contributed by atoms with van der Waals surface area (Å²) < 4.78 is 6.43. The second kappa shape index (κ2) is 4.52. The van der Waals surface area contributed by atoms with E-state index in [0.717, 1.165) is 41.4 Å². The van der Waals surface area contributed by atoms with Gasteiger partial charge in [-0.15, -0.1) is 11.3 Å². The van der Waals surface area contributed by atoms with Gasteiger partial charge in [-0.1, -0.05) is 5.16 Å². The van der Waals surface area contributed by atoms with Crippen LogP contribution in [0.15, 0.2) is 22.3 Å². The Balaban J connectivity index is 1.63. The monoisotopic (exact) mass is 287 g/mol. The Hall–Kier alpha value is -2.02. The fraction of sp³-hybridized carbons (Fsp3) is 0.385. The van der Waals surface area contributed by atoms with E-state index >= 15 is 0 Å². The minimum Gasteiger partial charge on any atom is -0.355 e. The fourth-order valence-electron chi connectivity index (χ4n) is 2.63. The van der Waals surface area contributed by atoms with Gasteiger partial charge in [0, 0.05) is 13.1 Å². The molecule has 0 bridgehead atoms. The summed E-state index contributed by atoms with van der Waals surface area (Å²) in [5, 5.41) is 5.93. The van der Waals surface area contributed by atoms with E-state index in [1.54, 1.807) is 17.7 Å². The maximum absolute atomic E-state index is 5.29. The van der Waals surface area contributed by atoms with Crippen LogP contribution in [0.2, 0.25) is 0 Å². The molecule has 1 aliphatic rings. The molecule has 1 aliphatic heterocycles. The van der Waals surface area contributed by atoms with Gasteiger partial charge >= 0.3 is 0 Å². The molecule has 3 aromatic heterocycles. The van der Waals surface area contributed by atoms with Crippen LogP contribution in [0.25, 0.3) is 10.2 Å². The molecule has 0 saturated carbocycles. The van der Waals surface area contributed by atoms with Crippen molar-refractivity contribution in [2.75, 3.05) is 18.0 Å². The van der Waals surface area contributed by atoms with Crippen LogP contribution in [0, 0.1) is 6.92 Å². The Labute approximate surface area is 119 Å². The van der Waals surface area contributed by atoms with Crippen LogP contribution in [0.5, 0.6) is 0 Å². The van der Waals surface area contributed by atoms with Gasteiger partial charge in [-0.05, 0) is 24.8 Å². The van der Waals surface area contributed by atoms with Crippen LogP contribution in [0.1, 0.15) is 24.1 Å². The third kappa shape index (κ3) is 1.85. The van der Waals surface area contributed by atoms with Crippen molar-refractivity contribution < 1.29 is 4.52 Å². The number of rotatable bonds is 2. The normalized spacial score (nSPS) is 19.1. The molecule has 1 fully saturated rings. The molecular weight excluding hydrogens is 274 g/mol. The van der Waals surface area contributed by atoms with Gasteiger partial charge in [-0.25, -0.2) is 9.97 Å². The van der Waals surface area contributed by atoms with E-state index < -0.39 is 0 Å². The van der Waals surface area contributed by atoms with Gasteiger partial charge < -0.3 is 9.42 Å². The van der Waals surface area contributed by atoms with Gasteiger partial charge in [0.15, 0.2) is 5.82 Å². The van der Waals surface area contributed by atoms with Crippen LogP contribution in [-0.4, -0.2) is 33.2 Å². The number of fused-ring (bicyclic) bond motifs is 1. The molecule has 20 heavy (non-hydrogen) atoms. The number of hydrogen-bond donors (Lipinski definition) is 0. The highest BCUT2D eigenvalue weighted by Gasteiger charge is 2.29. The number of aryl methyl sites for hydroxylation is 1. The second-order valence-electron chi connectivity index (χ2n) is 4.94. The smallest absolute Gasteiger partial charge is 0.231 e. The molecule has 0 N–H and O–H groups in total. The maximum atomic E-state index is 5.29. The average molecular weight is 287 g/mol. The van der Waals surface area contributed by atoms with Gasteiger partial charge in [0.25, 0.3) is 0 Å². The molecule has 7 heteroatoms. The third-order valence-electron chi connectivity index (χ3n) is 3.60. The van der Waals surface area contributed by atoms with Gasteiger partial charge in [0.2, 0.25) is 5.89 Å². The van der Waals surface area contributed by atoms with Gasteiger partial charge in [0.1, 0.15) is 12.1 Å².